The summed E-state index contributed by atoms with van der Waals surface area (Å²) in [6, 6.07) is 0. The first-order chi connectivity index (χ1) is 14.7. The van der Waals surface area contributed by atoms with E-state index in [-0.39, 0.29) is 17.8 Å². The Balaban J connectivity index is 0.000000262. The van der Waals surface area contributed by atoms with Crippen LogP contribution in [0.1, 0.15) is 43.3 Å². The first-order valence-corrected chi connectivity index (χ1v) is 11.5. The van der Waals surface area contributed by atoms with Gasteiger partial charge in [0, 0.05) is 5.92 Å². The van der Waals surface area contributed by atoms with E-state index in [9.17, 15) is 14.4 Å². The van der Waals surface area contributed by atoms with Crippen molar-refractivity contribution in [1.82, 2.24) is 4.90 Å². The molecule has 0 aromatic carbocycles. The topological polar surface area (TPSA) is 111 Å². The monoisotopic (exact) mass is 467 g/mol. The van der Waals surface area contributed by atoms with Crippen molar-refractivity contribution in [2.75, 3.05) is 45.4 Å². The number of aryl methyl sites for hydroxylation is 2. The molecule has 0 aliphatic carbocycles. The van der Waals surface area contributed by atoms with Crippen molar-refractivity contribution in [2.45, 2.75) is 26.7 Å². The minimum absolute atomic E-state index is 0.00440. The third-order valence-corrected chi connectivity index (χ3v) is 7.25. The Morgan fingerprint density at radius 3 is 2.03 bits per heavy atom. The van der Waals surface area contributed by atoms with Gasteiger partial charge in [0.05, 0.1) is 25.6 Å². The Hall–Kier alpha value is -2.43. The molecule has 3 heterocycles. The van der Waals surface area contributed by atoms with E-state index in [0.29, 0.717) is 21.1 Å². The van der Waals surface area contributed by atoms with Crippen LogP contribution in [0.4, 0.5) is 11.4 Å². The van der Waals surface area contributed by atoms with Gasteiger partial charge in [-0.05, 0) is 68.7 Å². The number of amides is 1. The number of anilines is 2. The second kappa shape index (κ2) is 11.3. The van der Waals surface area contributed by atoms with E-state index >= 15 is 0 Å². The zero-order valence-corrected chi connectivity index (χ0v) is 20.1. The van der Waals surface area contributed by atoms with Crippen molar-refractivity contribution < 1.29 is 23.9 Å². The highest BCUT2D eigenvalue weighted by atomic mass is 32.1. The summed E-state index contributed by atoms with van der Waals surface area (Å²) in [5, 5.41) is 6.60. The van der Waals surface area contributed by atoms with Gasteiger partial charge in [-0.1, -0.05) is 0 Å². The maximum Gasteiger partial charge on any atom is 0.350 e. The number of carbonyl (C=O) groups excluding carboxylic acids is 3. The van der Waals surface area contributed by atoms with Gasteiger partial charge >= 0.3 is 11.9 Å². The number of likely N-dealkylation sites (tertiary alicyclic amines) is 1. The molecule has 0 spiro atoms. The molecule has 1 amide bonds. The van der Waals surface area contributed by atoms with E-state index in [1.165, 1.54) is 36.9 Å². The molecule has 2 aromatic rings. The minimum Gasteiger partial charge on any atom is -0.465 e. The zero-order chi connectivity index (χ0) is 23.1. The molecule has 10 heteroatoms. The average molecular weight is 468 g/mol. The number of ether oxygens (including phenoxy) is 2. The molecule has 1 aliphatic heterocycles. The molecule has 0 bridgehead atoms. The third-order valence-electron chi connectivity index (χ3n) is 5.08. The molecular formula is C21H29N3O5S2. The van der Waals surface area contributed by atoms with Gasteiger partial charge in [-0.2, -0.15) is 0 Å². The number of esters is 2. The van der Waals surface area contributed by atoms with Crippen molar-refractivity contribution in [3.05, 3.63) is 31.6 Å². The van der Waals surface area contributed by atoms with Gasteiger partial charge in [0.25, 0.3) is 0 Å². The molecule has 170 valence electrons. The molecule has 3 rings (SSSR count). The fourth-order valence-electron chi connectivity index (χ4n) is 3.04. The number of nitrogens with zero attached hydrogens (tertiary/aromatic N) is 1. The first-order valence-electron chi connectivity index (χ1n) is 9.77. The fraction of sp³-hybridized carbons (Fsp3) is 0.476. The van der Waals surface area contributed by atoms with Crippen LogP contribution in [0.25, 0.3) is 0 Å². The van der Waals surface area contributed by atoms with Crippen molar-refractivity contribution >= 4 is 51.9 Å². The second-order valence-electron chi connectivity index (χ2n) is 7.33. The quantitative estimate of drug-likeness (QED) is 0.662. The maximum absolute atomic E-state index is 12.3. The highest BCUT2D eigenvalue weighted by Crippen LogP contribution is 2.29. The molecule has 1 aliphatic rings. The molecule has 1 saturated heterocycles. The van der Waals surface area contributed by atoms with Crippen LogP contribution in [0.15, 0.2) is 10.8 Å². The summed E-state index contributed by atoms with van der Waals surface area (Å²) in [5.41, 5.74) is 8.55. The Morgan fingerprint density at radius 1 is 1.00 bits per heavy atom. The van der Waals surface area contributed by atoms with Crippen molar-refractivity contribution in [3.63, 3.8) is 0 Å². The minimum atomic E-state index is -0.401. The lowest BCUT2D eigenvalue weighted by molar-refractivity contribution is -0.121. The molecule has 1 fully saturated rings. The zero-order valence-electron chi connectivity index (χ0n) is 18.4. The number of nitrogens with two attached hydrogens (primary N) is 1. The van der Waals surface area contributed by atoms with Gasteiger partial charge in [0.2, 0.25) is 5.91 Å². The molecule has 0 unspecified atom stereocenters. The van der Waals surface area contributed by atoms with Crippen LogP contribution in [-0.2, 0) is 14.3 Å². The van der Waals surface area contributed by atoms with Crippen LogP contribution in [0.5, 0.6) is 0 Å². The Labute approximate surface area is 190 Å². The first kappa shape index (κ1) is 24.8. The van der Waals surface area contributed by atoms with Crippen LogP contribution < -0.4 is 11.1 Å². The molecule has 8 nitrogen and oxygen atoms in total. The normalized spacial score (nSPS) is 14.4. The summed E-state index contributed by atoms with van der Waals surface area (Å²) >= 11 is 2.61. The van der Waals surface area contributed by atoms with Gasteiger partial charge in [-0.3, -0.25) is 4.79 Å². The Kier molecular flexibility index (Phi) is 9.02. The summed E-state index contributed by atoms with van der Waals surface area (Å²) in [6.45, 7) is 5.61. The van der Waals surface area contributed by atoms with E-state index in [0.717, 1.165) is 37.1 Å². The molecule has 3 N–H and O–H groups in total. The van der Waals surface area contributed by atoms with Gasteiger partial charge in [-0.15, -0.1) is 22.7 Å². The predicted molar refractivity (Wildman–Crippen MR) is 124 cm³/mol. The number of piperidine rings is 1. The summed E-state index contributed by atoms with van der Waals surface area (Å²) in [7, 11) is 4.75. The van der Waals surface area contributed by atoms with Crippen LogP contribution in [0.3, 0.4) is 0 Å². The van der Waals surface area contributed by atoms with Gasteiger partial charge in [0.1, 0.15) is 9.75 Å². The fourth-order valence-corrected chi connectivity index (χ4v) is 4.85. The summed E-state index contributed by atoms with van der Waals surface area (Å²) < 4.78 is 9.27. The van der Waals surface area contributed by atoms with Crippen LogP contribution >= 0.6 is 22.7 Å². The van der Waals surface area contributed by atoms with E-state index in [1.54, 1.807) is 0 Å². The second-order valence-corrected chi connectivity index (χ2v) is 9.09. The number of hydrogen-bond donors (Lipinski definition) is 2. The largest absolute Gasteiger partial charge is 0.465 e. The lowest BCUT2D eigenvalue weighted by atomic mass is 9.96. The molecule has 0 saturated carbocycles. The number of nitrogen functional groups attached to an aromatic ring is 1. The predicted octanol–water partition coefficient (Wildman–Crippen LogP) is 3.55. The Morgan fingerprint density at radius 2 is 1.52 bits per heavy atom. The summed E-state index contributed by atoms with van der Waals surface area (Å²) in [6.07, 6.45) is 1.72. The smallest absolute Gasteiger partial charge is 0.350 e. The molecule has 0 atom stereocenters. The lowest BCUT2D eigenvalue weighted by Crippen LogP contribution is -2.36. The summed E-state index contributed by atoms with van der Waals surface area (Å²) in [4.78, 5) is 38.1. The van der Waals surface area contributed by atoms with E-state index < -0.39 is 5.97 Å². The van der Waals surface area contributed by atoms with E-state index in [2.05, 4.69) is 22.0 Å². The van der Waals surface area contributed by atoms with Crippen molar-refractivity contribution in [1.29, 1.82) is 0 Å². The van der Waals surface area contributed by atoms with Crippen LogP contribution in [-0.4, -0.2) is 57.1 Å². The average Bonchev–Trinajstić information content (AvgIpc) is 3.30. The van der Waals surface area contributed by atoms with Crippen LogP contribution in [0, 0.1) is 19.8 Å². The van der Waals surface area contributed by atoms with Crippen molar-refractivity contribution in [3.8, 4) is 0 Å². The molecule has 0 radical (unpaired) electrons. The molecular weight excluding hydrogens is 438 g/mol. The van der Waals surface area contributed by atoms with Gasteiger partial charge < -0.3 is 25.4 Å². The molecule has 2 aromatic heterocycles. The number of nitrogens with one attached hydrogen (secondary N) is 1. The van der Waals surface area contributed by atoms with E-state index in [1.807, 2.05) is 24.6 Å². The Bertz CT molecular complexity index is 930. The lowest BCUT2D eigenvalue weighted by Gasteiger charge is -2.28. The SMILES string of the molecule is COC(=O)c1scc(C)c1N.COC(=O)c1scc(C)c1NC(=O)C1CCN(C)CC1. The number of methoxy groups -OCH3 is 2. The highest BCUT2D eigenvalue weighted by molar-refractivity contribution is 7.13. The standard InChI is InChI=1S/C14H20N2O3S.C7H9NO2S/c1-9-8-20-12(14(18)19-3)11(9)15-13(17)10-4-6-16(2)7-5-10;1-4-3-11-6(5(4)8)7(9)10-2/h8,10H,4-7H2,1-3H3,(H,15,17);3H,8H2,1-2H3. The van der Waals surface area contributed by atoms with Gasteiger partial charge in [0.15, 0.2) is 0 Å². The number of rotatable bonds is 4. The third kappa shape index (κ3) is 6.28. The van der Waals surface area contributed by atoms with Gasteiger partial charge in [-0.25, -0.2) is 9.59 Å². The van der Waals surface area contributed by atoms with Crippen LogP contribution in [0.2, 0.25) is 0 Å². The van der Waals surface area contributed by atoms with Crippen molar-refractivity contribution in [2.24, 2.45) is 5.92 Å². The highest BCUT2D eigenvalue weighted by Gasteiger charge is 2.26. The van der Waals surface area contributed by atoms with E-state index in [4.69, 9.17) is 10.5 Å². The number of carbonyl (C=O) groups is 3. The summed E-state index contributed by atoms with van der Waals surface area (Å²) in [5.74, 6) is -0.733. The number of thiophene rings is 2. The maximum atomic E-state index is 12.3. The molecule has 31 heavy (non-hydrogen) atoms. The number of hydrogen-bond acceptors (Lipinski definition) is 9.